The van der Waals surface area contributed by atoms with Crippen molar-refractivity contribution in [3.63, 3.8) is 0 Å². The van der Waals surface area contributed by atoms with Gasteiger partial charge in [0.15, 0.2) is 16.7 Å². The van der Waals surface area contributed by atoms with E-state index in [9.17, 15) is 9.59 Å². The Morgan fingerprint density at radius 3 is 2.54 bits per heavy atom. The normalized spacial score (nSPS) is 15.8. The quantitative estimate of drug-likeness (QED) is 0.835. The van der Waals surface area contributed by atoms with Crippen molar-refractivity contribution in [1.29, 1.82) is 0 Å². The molecule has 28 heavy (non-hydrogen) atoms. The van der Waals surface area contributed by atoms with Crippen LogP contribution in [0.1, 0.15) is 30.3 Å². The van der Waals surface area contributed by atoms with Gasteiger partial charge >= 0.3 is 0 Å². The van der Waals surface area contributed by atoms with Crippen LogP contribution in [0.15, 0.2) is 53.6 Å². The predicted octanol–water partition coefficient (Wildman–Crippen LogP) is 3.28. The second-order valence-corrected chi connectivity index (χ2v) is 7.17. The van der Waals surface area contributed by atoms with E-state index in [1.54, 1.807) is 7.11 Å². The molecule has 0 aliphatic carbocycles. The summed E-state index contributed by atoms with van der Waals surface area (Å²) in [4.78, 5) is 23.3. The molecule has 146 valence electrons. The van der Waals surface area contributed by atoms with E-state index in [0.717, 1.165) is 11.1 Å². The smallest absolute Gasteiger partial charge is 0.241 e. The van der Waals surface area contributed by atoms with Gasteiger partial charge in [-0.1, -0.05) is 48.2 Å². The summed E-state index contributed by atoms with van der Waals surface area (Å²) < 4.78 is 11.4. The first-order chi connectivity index (χ1) is 13.5. The van der Waals surface area contributed by atoms with E-state index in [0.29, 0.717) is 23.3 Å². The fraction of sp³-hybridized carbons (Fsp3) is 0.250. The molecule has 1 aliphatic heterocycles. The molecule has 3 rings (SSSR count). The lowest BCUT2D eigenvalue weighted by molar-refractivity contribution is -0.129. The molecule has 0 spiro atoms. The Hall–Kier alpha value is -3.00. The van der Waals surface area contributed by atoms with Crippen molar-refractivity contribution in [2.24, 2.45) is 5.10 Å². The second kappa shape index (κ2) is 8.79. The monoisotopic (exact) mass is 399 g/mol. The van der Waals surface area contributed by atoms with Crippen LogP contribution < -0.4 is 14.8 Å². The third kappa shape index (κ3) is 4.64. The molecule has 1 N–H and O–H groups in total. The molecule has 0 saturated heterocycles. The number of carbonyl (C=O) groups is 2. The first-order valence-electron chi connectivity index (χ1n) is 8.65. The second-order valence-electron chi connectivity index (χ2n) is 6.10. The van der Waals surface area contributed by atoms with Gasteiger partial charge in [-0.15, -0.1) is 5.10 Å². The highest BCUT2D eigenvalue weighted by Gasteiger charge is 2.32. The topological polar surface area (TPSA) is 80.2 Å². The van der Waals surface area contributed by atoms with Gasteiger partial charge in [-0.05, 0) is 23.3 Å². The number of amides is 2. The first-order valence-corrected chi connectivity index (χ1v) is 9.53. The zero-order valence-corrected chi connectivity index (χ0v) is 16.7. The molecule has 1 heterocycles. The number of nitrogens with zero attached hydrogens (tertiary/aromatic N) is 2. The summed E-state index contributed by atoms with van der Waals surface area (Å²) in [5, 5.41) is 8.16. The molecule has 0 saturated carbocycles. The highest BCUT2D eigenvalue weighted by molar-refractivity contribution is 8.14. The fourth-order valence-electron chi connectivity index (χ4n) is 2.67. The van der Waals surface area contributed by atoms with E-state index >= 15 is 0 Å². The van der Waals surface area contributed by atoms with Crippen molar-refractivity contribution < 1.29 is 19.1 Å². The van der Waals surface area contributed by atoms with Gasteiger partial charge in [0, 0.05) is 13.8 Å². The summed E-state index contributed by atoms with van der Waals surface area (Å²) in [6.07, 6.45) is 0. The largest absolute Gasteiger partial charge is 0.493 e. The minimum absolute atomic E-state index is 0.221. The Balaban J connectivity index is 1.79. The number of amidine groups is 1. The molecule has 8 heteroatoms. The van der Waals surface area contributed by atoms with Crippen molar-refractivity contribution in [3.8, 4) is 11.5 Å². The highest BCUT2D eigenvalue weighted by Crippen LogP contribution is 2.41. The summed E-state index contributed by atoms with van der Waals surface area (Å²) in [5.74, 6) is 0.708. The number of methoxy groups -OCH3 is 1. The Morgan fingerprint density at radius 1 is 1.14 bits per heavy atom. The average Bonchev–Trinajstić information content (AvgIpc) is 3.10. The van der Waals surface area contributed by atoms with Gasteiger partial charge < -0.3 is 14.8 Å². The van der Waals surface area contributed by atoms with Crippen molar-refractivity contribution in [2.75, 3.05) is 7.11 Å². The number of hydrazone groups is 1. The predicted molar refractivity (Wildman–Crippen MR) is 108 cm³/mol. The lowest BCUT2D eigenvalue weighted by atomic mass is 10.2. The average molecular weight is 399 g/mol. The molecule has 0 bridgehead atoms. The van der Waals surface area contributed by atoms with Gasteiger partial charge in [0.1, 0.15) is 12.0 Å². The molecule has 7 nitrogen and oxygen atoms in total. The van der Waals surface area contributed by atoms with Crippen LogP contribution in [0, 0.1) is 0 Å². The molecule has 2 amide bonds. The third-order valence-corrected chi connectivity index (χ3v) is 5.06. The maximum Gasteiger partial charge on any atom is 0.241 e. The van der Waals surface area contributed by atoms with Gasteiger partial charge in [0.2, 0.25) is 11.8 Å². The van der Waals surface area contributed by atoms with Crippen molar-refractivity contribution in [3.05, 3.63) is 59.7 Å². The van der Waals surface area contributed by atoms with Crippen LogP contribution in [-0.2, 0) is 16.2 Å². The van der Waals surface area contributed by atoms with Crippen molar-refractivity contribution in [1.82, 2.24) is 10.3 Å². The Kier molecular flexibility index (Phi) is 6.20. The Bertz CT molecular complexity index is 902. The molecule has 0 radical (unpaired) electrons. The van der Waals surface area contributed by atoms with Crippen LogP contribution in [-0.4, -0.2) is 29.1 Å². The van der Waals surface area contributed by atoms with Gasteiger partial charge in [0.25, 0.3) is 0 Å². The molecular weight excluding hydrogens is 378 g/mol. The van der Waals surface area contributed by atoms with Crippen molar-refractivity contribution >= 4 is 28.7 Å². The zero-order chi connectivity index (χ0) is 20.1. The molecule has 0 unspecified atom stereocenters. The van der Waals surface area contributed by atoms with Gasteiger partial charge in [-0.2, -0.15) is 0 Å². The van der Waals surface area contributed by atoms with Crippen LogP contribution >= 0.6 is 11.8 Å². The van der Waals surface area contributed by atoms with Gasteiger partial charge in [0.05, 0.1) is 7.11 Å². The molecular formula is C20H21N3O4S. The van der Waals surface area contributed by atoms with E-state index in [4.69, 9.17) is 9.47 Å². The summed E-state index contributed by atoms with van der Waals surface area (Å²) in [6, 6.07) is 15.3. The highest BCUT2D eigenvalue weighted by atomic mass is 32.2. The van der Waals surface area contributed by atoms with Crippen LogP contribution in [0.5, 0.6) is 11.5 Å². The van der Waals surface area contributed by atoms with E-state index in [-0.39, 0.29) is 11.8 Å². The number of nitrogens with one attached hydrogen (secondary N) is 1. The lowest BCUT2D eigenvalue weighted by Gasteiger charge is -2.20. The number of rotatable bonds is 5. The summed E-state index contributed by atoms with van der Waals surface area (Å²) in [7, 11) is 1.57. The number of hydrogen-bond donors (Lipinski definition) is 1. The zero-order valence-electron chi connectivity index (χ0n) is 15.8. The van der Waals surface area contributed by atoms with Gasteiger partial charge in [-0.3, -0.25) is 9.59 Å². The van der Waals surface area contributed by atoms with E-state index in [1.165, 1.54) is 30.6 Å². The summed E-state index contributed by atoms with van der Waals surface area (Å²) >= 11 is 1.29. The van der Waals surface area contributed by atoms with E-state index < -0.39 is 5.37 Å². The molecule has 2 aromatic rings. The standard InChI is InChI=1S/C20H21N3O4S/c1-13(24)21-20-22-23(14(2)25)19(28-20)16-9-10-17(18(11-16)26-3)27-12-15-7-5-4-6-8-15/h4-11,19H,12H2,1-3H3,(H,21,22,24)/t19-/m0/s1. The maximum absolute atomic E-state index is 12.0. The molecule has 1 aliphatic rings. The molecule has 1 atom stereocenters. The minimum atomic E-state index is -0.392. The number of benzene rings is 2. The van der Waals surface area contributed by atoms with E-state index in [1.807, 2.05) is 48.5 Å². The number of ether oxygens (including phenoxy) is 2. The van der Waals surface area contributed by atoms with Gasteiger partial charge in [-0.25, -0.2) is 5.01 Å². The summed E-state index contributed by atoms with van der Waals surface area (Å²) in [6.45, 7) is 3.25. The SMILES string of the molecule is COc1cc([C@@H]2SC(NC(C)=O)=NN2C(C)=O)ccc1OCc1ccccc1. The number of hydrogen-bond acceptors (Lipinski definition) is 6. The van der Waals surface area contributed by atoms with Crippen LogP contribution in [0.2, 0.25) is 0 Å². The Labute approximate surface area is 167 Å². The fourth-order valence-corrected chi connectivity index (χ4v) is 3.80. The lowest BCUT2D eigenvalue weighted by Crippen LogP contribution is -2.25. The Morgan fingerprint density at radius 2 is 1.89 bits per heavy atom. The first kappa shape index (κ1) is 19.8. The molecule has 0 fully saturated rings. The maximum atomic E-state index is 12.0. The van der Waals surface area contributed by atoms with Crippen LogP contribution in [0.25, 0.3) is 0 Å². The minimum Gasteiger partial charge on any atom is -0.493 e. The number of carbonyl (C=O) groups excluding carboxylic acids is 2. The number of thioether (sulfide) groups is 1. The van der Waals surface area contributed by atoms with Crippen molar-refractivity contribution in [2.45, 2.75) is 25.8 Å². The molecule has 0 aromatic heterocycles. The van der Waals surface area contributed by atoms with E-state index in [2.05, 4.69) is 10.4 Å². The van der Waals surface area contributed by atoms with Crippen LogP contribution in [0.3, 0.4) is 0 Å². The summed E-state index contributed by atoms with van der Waals surface area (Å²) in [5.41, 5.74) is 1.87. The third-order valence-electron chi connectivity index (χ3n) is 3.96. The van der Waals surface area contributed by atoms with Crippen LogP contribution in [0.4, 0.5) is 0 Å². The molecule has 2 aromatic carbocycles.